The molecule has 0 bridgehead atoms. The number of hydrogen-bond acceptors (Lipinski definition) is 3. The zero-order valence-electron chi connectivity index (χ0n) is 24.4. The van der Waals surface area contributed by atoms with E-state index in [1.165, 1.54) is 11.1 Å². The quantitative estimate of drug-likeness (QED) is 0.110. The summed E-state index contributed by atoms with van der Waals surface area (Å²) in [6, 6.07) is 33.1. The van der Waals surface area contributed by atoms with Crippen molar-refractivity contribution in [2.45, 2.75) is 57.8 Å². The topological polar surface area (TPSA) is 83.8 Å². The molecule has 43 heavy (non-hydrogen) atoms. The van der Waals surface area contributed by atoms with E-state index in [2.05, 4.69) is 78.6 Å². The van der Waals surface area contributed by atoms with E-state index in [4.69, 9.17) is 9.84 Å². The van der Waals surface area contributed by atoms with Crippen LogP contribution in [0.3, 0.4) is 0 Å². The van der Waals surface area contributed by atoms with Gasteiger partial charge in [-0.05, 0) is 89.8 Å². The zero-order chi connectivity index (χ0) is 30.3. The van der Waals surface area contributed by atoms with E-state index < -0.39 is 11.9 Å². The molecule has 0 amide bonds. The van der Waals surface area contributed by atoms with Crippen molar-refractivity contribution in [2.75, 3.05) is 6.61 Å². The van der Waals surface area contributed by atoms with Crippen molar-refractivity contribution in [1.82, 2.24) is 0 Å². The van der Waals surface area contributed by atoms with Gasteiger partial charge < -0.3 is 14.9 Å². The van der Waals surface area contributed by atoms with Crippen molar-refractivity contribution in [2.24, 2.45) is 0 Å². The van der Waals surface area contributed by atoms with Crippen LogP contribution >= 0.6 is 0 Å². The lowest BCUT2D eigenvalue weighted by Crippen LogP contribution is -2.07. The van der Waals surface area contributed by atoms with E-state index in [-0.39, 0.29) is 19.4 Å². The molecule has 0 atom stereocenters. The number of aryl methyl sites for hydroxylation is 1. The molecular weight excluding hydrogens is 536 g/mol. The van der Waals surface area contributed by atoms with Gasteiger partial charge in [0.25, 0.3) is 0 Å². The highest BCUT2D eigenvalue weighted by atomic mass is 16.5. The summed E-state index contributed by atoms with van der Waals surface area (Å²) in [4.78, 5) is 22.1. The van der Waals surface area contributed by atoms with Gasteiger partial charge in [0, 0.05) is 24.8 Å². The van der Waals surface area contributed by atoms with E-state index in [9.17, 15) is 14.7 Å². The van der Waals surface area contributed by atoms with Crippen LogP contribution in [-0.4, -0.2) is 28.8 Å². The molecule has 0 saturated heterocycles. The first-order valence-corrected chi connectivity index (χ1v) is 14.9. The third-order valence-corrected chi connectivity index (χ3v) is 7.24. The molecule has 2 N–H and O–H groups in total. The average molecular weight is 575 g/mol. The third-order valence-electron chi connectivity index (χ3n) is 7.24. The second kappa shape index (κ2) is 16.6. The minimum atomic E-state index is -0.856. The van der Waals surface area contributed by atoms with Gasteiger partial charge in [0.1, 0.15) is 5.75 Å². The lowest BCUT2D eigenvalue weighted by molar-refractivity contribution is -0.138. The van der Waals surface area contributed by atoms with Crippen molar-refractivity contribution in [3.05, 3.63) is 114 Å². The number of carboxylic acids is 2. The Morgan fingerprint density at radius 1 is 0.628 bits per heavy atom. The molecule has 5 heteroatoms. The first-order chi connectivity index (χ1) is 21.0. The number of ether oxygens (including phenoxy) is 1. The summed E-state index contributed by atoms with van der Waals surface area (Å²) in [6.07, 6.45) is 5.44. The van der Waals surface area contributed by atoms with Gasteiger partial charge in [0.15, 0.2) is 0 Å². The predicted molar refractivity (Wildman–Crippen MR) is 171 cm³/mol. The molecule has 4 aromatic rings. The number of hydrogen-bond donors (Lipinski definition) is 2. The summed E-state index contributed by atoms with van der Waals surface area (Å²) in [7, 11) is 0. The fourth-order valence-corrected chi connectivity index (χ4v) is 5.07. The molecule has 0 aliphatic carbocycles. The van der Waals surface area contributed by atoms with Crippen LogP contribution in [0.1, 0.15) is 61.6 Å². The van der Waals surface area contributed by atoms with Crippen LogP contribution in [0.15, 0.2) is 97.1 Å². The lowest BCUT2D eigenvalue weighted by atomic mass is 9.96. The smallest absolute Gasteiger partial charge is 0.303 e. The molecular formula is C38H38O5. The minimum absolute atomic E-state index is 0.0234. The van der Waals surface area contributed by atoms with Crippen LogP contribution in [0.4, 0.5) is 0 Å². The van der Waals surface area contributed by atoms with Gasteiger partial charge in [-0.25, -0.2) is 0 Å². The van der Waals surface area contributed by atoms with Crippen LogP contribution in [0.25, 0.3) is 22.3 Å². The van der Waals surface area contributed by atoms with Gasteiger partial charge in [-0.1, -0.05) is 91.1 Å². The first-order valence-electron chi connectivity index (χ1n) is 14.9. The molecule has 0 heterocycles. The van der Waals surface area contributed by atoms with Crippen LogP contribution in [0, 0.1) is 11.8 Å². The van der Waals surface area contributed by atoms with Gasteiger partial charge in [0.05, 0.1) is 6.61 Å². The Hall–Kier alpha value is -4.82. The van der Waals surface area contributed by atoms with E-state index >= 15 is 0 Å². The van der Waals surface area contributed by atoms with Gasteiger partial charge in [0.2, 0.25) is 0 Å². The van der Waals surface area contributed by atoms with Crippen LogP contribution in [-0.2, 0) is 22.4 Å². The molecule has 0 fully saturated rings. The molecule has 0 aromatic heterocycles. The number of unbranched alkanes of at least 4 members (excludes halogenated alkanes) is 3. The molecule has 220 valence electrons. The molecule has 0 aliphatic heterocycles. The summed E-state index contributed by atoms with van der Waals surface area (Å²) >= 11 is 0. The Labute approximate surface area is 254 Å². The van der Waals surface area contributed by atoms with Crippen LogP contribution in [0.2, 0.25) is 0 Å². The fourth-order valence-electron chi connectivity index (χ4n) is 5.07. The Bertz CT molecular complexity index is 1490. The highest BCUT2D eigenvalue weighted by Crippen LogP contribution is 2.29. The molecule has 0 spiro atoms. The number of carbonyl (C=O) groups is 2. The summed E-state index contributed by atoms with van der Waals surface area (Å²) in [6.45, 7) is 0.287. The molecule has 0 saturated carbocycles. The Balaban J connectivity index is 1.35. The molecule has 0 radical (unpaired) electrons. The second-order valence-corrected chi connectivity index (χ2v) is 10.5. The summed E-state index contributed by atoms with van der Waals surface area (Å²) < 4.78 is 5.86. The largest absolute Gasteiger partial charge is 0.493 e. The van der Waals surface area contributed by atoms with Gasteiger partial charge in [-0.15, -0.1) is 0 Å². The molecule has 5 nitrogen and oxygen atoms in total. The Morgan fingerprint density at radius 2 is 1.28 bits per heavy atom. The molecule has 0 unspecified atom stereocenters. The van der Waals surface area contributed by atoms with Crippen molar-refractivity contribution in [1.29, 1.82) is 0 Å². The maximum Gasteiger partial charge on any atom is 0.303 e. The SMILES string of the molecule is O=C(O)CCCOc1cccc(CCCCCC#Cc2cc(-c3ccccc3)cc(-c3ccccc3)c2)c1CCC(=O)O. The molecule has 4 rings (SSSR count). The van der Waals surface area contributed by atoms with Crippen molar-refractivity contribution >= 4 is 11.9 Å². The van der Waals surface area contributed by atoms with Crippen LogP contribution in [0.5, 0.6) is 5.75 Å². The maximum absolute atomic E-state index is 11.3. The molecule has 0 aliphatic rings. The number of carboxylic acid groups (broad SMARTS) is 2. The van der Waals surface area contributed by atoms with Crippen molar-refractivity contribution in [3.8, 4) is 39.8 Å². The van der Waals surface area contributed by atoms with Crippen molar-refractivity contribution in [3.63, 3.8) is 0 Å². The highest BCUT2D eigenvalue weighted by molar-refractivity contribution is 5.75. The minimum Gasteiger partial charge on any atom is -0.493 e. The monoisotopic (exact) mass is 574 g/mol. The standard InChI is InChI=1S/C38H38O5/c39-37(40)22-13-25-43-36-21-12-20-32(35(36)23-24-38(41)42)19-7-3-1-2-6-14-29-26-33(30-15-8-4-9-16-30)28-34(27-29)31-17-10-5-11-18-31/h4-5,8-12,15-18,20-21,26-28H,1-3,7,13,19,22-25H2,(H,39,40)(H,41,42). The predicted octanol–water partition coefficient (Wildman–Crippen LogP) is 8.44. The van der Waals surface area contributed by atoms with Crippen molar-refractivity contribution < 1.29 is 24.5 Å². The Kier molecular flexibility index (Phi) is 12.0. The van der Waals surface area contributed by atoms with Gasteiger partial charge in [-0.2, -0.15) is 0 Å². The number of aliphatic carboxylic acids is 2. The maximum atomic E-state index is 11.3. The highest BCUT2D eigenvalue weighted by Gasteiger charge is 2.12. The average Bonchev–Trinajstić information content (AvgIpc) is 3.02. The summed E-state index contributed by atoms with van der Waals surface area (Å²) in [5.74, 6) is 5.71. The lowest BCUT2D eigenvalue weighted by Gasteiger charge is -2.15. The number of rotatable bonds is 15. The zero-order valence-corrected chi connectivity index (χ0v) is 24.4. The third kappa shape index (κ3) is 10.2. The summed E-state index contributed by atoms with van der Waals surface area (Å²) in [5, 5.41) is 18.1. The van der Waals surface area contributed by atoms with E-state index in [1.807, 2.05) is 30.3 Å². The van der Waals surface area contributed by atoms with E-state index in [0.717, 1.165) is 59.9 Å². The normalized spacial score (nSPS) is 10.5. The van der Waals surface area contributed by atoms with Crippen LogP contribution < -0.4 is 4.74 Å². The fraction of sp³-hybridized carbons (Fsp3) is 0.263. The number of benzene rings is 4. The van der Waals surface area contributed by atoms with E-state index in [1.54, 1.807) is 0 Å². The van der Waals surface area contributed by atoms with Gasteiger partial charge in [-0.3, -0.25) is 9.59 Å². The second-order valence-electron chi connectivity index (χ2n) is 10.5. The van der Waals surface area contributed by atoms with E-state index in [0.29, 0.717) is 18.6 Å². The summed E-state index contributed by atoms with van der Waals surface area (Å²) in [5.41, 5.74) is 7.64. The molecule has 4 aromatic carbocycles. The first kappa shape index (κ1) is 31.1. The van der Waals surface area contributed by atoms with Gasteiger partial charge >= 0.3 is 11.9 Å². The Morgan fingerprint density at radius 3 is 1.91 bits per heavy atom.